The van der Waals surface area contributed by atoms with Gasteiger partial charge in [-0.05, 0) is 19.3 Å². The fraction of sp³-hybridized carbons (Fsp3) is 0.818. The van der Waals surface area contributed by atoms with Gasteiger partial charge in [-0.25, -0.2) is 0 Å². The largest absolute Gasteiger partial charge is 0.371 e. The zero-order valence-corrected chi connectivity index (χ0v) is 8.97. The summed E-state index contributed by atoms with van der Waals surface area (Å²) in [6.45, 7) is 3.16. The molecule has 0 spiro atoms. The summed E-state index contributed by atoms with van der Waals surface area (Å²) >= 11 is 0. The molecular weight excluding hydrogens is 192 g/mol. The number of hydrogen-bond donors (Lipinski definition) is 0. The smallest absolute Gasteiger partial charge is 0.0922 e. The standard InChI is InChI=1S/C11H18N2O2/c1(2-10-8-12-4-6-14-10)3-11-9-13-5-7-15-11/h8-11H,1-7H2. The molecule has 0 radical (unpaired) electrons. The minimum atomic E-state index is 0.222. The normalized spacial score (nSPS) is 30.7. The highest BCUT2D eigenvalue weighted by molar-refractivity contribution is 5.64. The van der Waals surface area contributed by atoms with E-state index >= 15 is 0 Å². The number of nitrogens with zero attached hydrogens (tertiary/aromatic N) is 2. The molecule has 0 aromatic heterocycles. The van der Waals surface area contributed by atoms with Crippen LogP contribution in [0.3, 0.4) is 0 Å². The summed E-state index contributed by atoms with van der Waals surface area (Å²) in [6.07, 6.45) is 7.49. The van der Waals surface area contributed by atoms with Gasteiger partial charge in [0.05, 0.1) is 38.5 Å². The Kier molecular flexibility index (Phi) is 4.29. The highest BCUT2D eigenvalue weighted by Crippen LogP contribution is 2.10. The van der Waals surface area contributed by atoms with Crippen LogP contribution in [0.5, 0.6) is 0 Å². The van der Waals surface area contributed by atoms with Crippen molar-refractivity contribution < 1.29 is 9.47 Å². The van der Waals surface area contributed by atoms with Crippen molar-refractivity contribution in [2.75, 3.05) is 26.3 Å². The lowest BCUT2D eigenvalue weighted by atomic mass is 10.1. The molecule has 0 saturated heterocycles. The summed E-state index contributed by atoms with van der Waals surface area (Å²) < 4.78 is 11.1. The van der Waals surface area contributed by atoms with Gasteiger partial charge in [-0.2, -0.15) is 0 Å². The zero-order chi connectivity index (χ0) is 10.3. The number of rotatable bonds is 4. The molecule has 15 heavy (non-hydrogen) atoms. The van der Waals surface area contributed by atoms with Crippen molar-refractivity contribution in [1.82, 2.24) is 0 Å². The van der Waals surface area contributed by atoms with E-state index in [4.69, 9.17) is 9.47 Å². The van der Waals surface area contributed by atoms with Gasteiger partial charge < -0.3 is 9.47 Å². The van der Waals surface area contributed by atoms with Crippen molar-refractivity contribution in [1.29, 1.82) is 0 Å². The van der Waals surface area contributed by atoms with Crippen molar-refractivity contribution in [3.05, 3.63) is 0 Å². The number of hydrogen-bond acceptors (Lipinski definition) is 4. The second-order valence-electron chi connectivity index (χ2n) is 3.86. The maximum atomic E-state index is 5.54. The molecule has 4 heteroatoms. The Hall–Kier alpha value is -0.740. The van der Waals surface area contributed by atoms with Crippen LogP contribution in [0.1, 0.15) is 19.3 Å². The fourth-order valence-electron chi connectivity index (χ4n) is 1.82. The van der Waals surface area contributed by atoms with E-state index < -0.39 is 0 Å². The predicted octanol–water partition coefficient (Wildman–Crippen LogP) is 1.10. The molecule has 2 aliphatic heterocycles. The van der Waals surface area contributed by atoms with Crippen LogP contribution in [0.4, 0.5) is 0 Å². The summed E-state index contributed by atoms with van der Waals surface area (Å²) in [6, 6.07) is 0. The molecule has 0 fully saturated rings. The third-order valence-electron chi connectivity index (χ3n) is 2.63. The second kappa shape index (κ2) is 5.98. The van der Waals surface area contributed by atoms with Crippen molar-refractivity contribution in [3.63, 3.8) is 0 Å². The number of ether oxygens (including phenoxy) is 2. The van der Waals surface area contributed by atoms with Crippen LogP contribution >= 0.6 is 0 Å². The van der Waals surface area contributed by atoms with Gasteiger partial charge in [0.1, 0.15) is 0 Å². The van der Waals surface area contributed by atoms with Crippen LogP contribution < -0.4 is 0 Å². The second-order valence-corrected chi connectivity index (χ2v) is 3.86. The summed E-state index contributed by atoms with van der Waals surface area (Å²) in [4.78, 5) is 8.43. The summed E-state index contributed by atoms with van der Waals surface area (Å²) in [5.41, 5.74) is 0. The third kappa shape index (κ3) is 3.72. The average Bonchev–Trinajstić information content (AvgIpc) is 2.32. The molecule has 2 rings (SSSR count). The lowest BCUT2D eigenvalue weighted by Crippen LogP contribution is -2.24. The monoisotopic (exact) mass is 210 g/mol. The first kappa shape index (κ1) is 10.8. The van der Waals surface area contributed by atoms with Crippen LogP contribution in [-0.2, 0) is 9.47 Å². The molecule has 0 N–H and O–H groups in total. The van der Waals surface area contributed by atoms with Gasteiger partial charge in [0.15, 0.2) is 0 Å². The van der Waals surface area contributed by atoms with Crippen LogP contribution in [0.25, 0.3) is 0 Å². The Morgan fingerprint density at radius 2 is 1.47 bits per heavy atom. The van der Waals surface area contributed by atoms with E-state index in [2.05, 4.69) is 9.98 Å². The number of aliphatic imine (C=N–C) groups is 2. The predicted molar refractivity (Wildman–Crippen MR) is 60.0 cm³/mol. The molecule has 0 bridgehead atoms. The first-order valence-electron chi connectivity index (χ1n) is 5.68. The molecule has 0 saturated carbocycles. The maximum Gasteiger partial charge on any atom is 0.0922 e. The molecule has 84 valence electrons. The van der Waals surface area contributed by atoms with Gasteiger partial charge in [0.25, 0.3) is 0 Å². The summed E-state index contributed by atoms with van der Waals surface area (Å²) in [7, 11) is 0. The molecule has 0 aromatic rings. The molecular formula is C11H18N2O2. The highest BCUT2D eigenvalue weighted by atomic mass is 16.5. The van der Waals surface area contributed by atoms with E-state index in [0.29, 0.717) is 0 Å². The van der Waals surface area contributed by atoms with Gasteiger partial charge in [0.2, 0.25) is 0 Å². The van der Waals surface area contributed by atoms with Gasteiger partial charge in [-0.15, -0.1) is 0 Å². The quantitative estimate of drug-likeness (QED) is 0.697. The first-order valence-corrected chi connectivity index (χ1v) is 5.68. The Labute approximate surface area is 90.4 Å². The van der Waals surface area contributed by atoms with Crippen LogP contribution in [0.15, 0.2) is 9.98 Å². The molecule has 2 atom stereocenters. The Morgan fingerprint density at radius 1 is 0.933 bits per heavy atom. The molecule has 0 amide bonds. The third-order valence-corrected chi connectivity index (χ3v) is 2.63. The molecule has 2 unspecified atom stereocenters. The highest BCUT2D eigenvalue weighted by Gasteiger charge is 2.12. The van der Waals surface area contributed by atoms with Crippen molar-refractivity contribution in [2.24, 2.45) is 9.98 Å². The maximum absolute atomic E-state index is 5.54. The molecule has 0 aliphatic carbocycles. The Balaban J connectivity index is 1.61. The lowest BCUT2D eigenvalue weighted by molar-refractivity contribution is 0.0746. The fourth-order valence-corrected chi connectivity index (χ4v) is 1.82. The van der Waals surface area contributed by atoms with Gasteiger partial charge in [-0.1, -0.05) is 0 Å². The molecule has 2 heterocycles. The minimum absolute atomic E-state index is 0.222. The SMILES string of the molecule is C1=NCCOC1CCCC1C=NCCO1. The average molecular weight is 210 g/mol. The van der Waals surface area contributed by atoms with Crippen molar-refractivity contribution in [3.8, 4) is 0 Å². The van der Waals surface area contributed by atoms with Crippen LogP contribution in [-0.4, -0.2) is 50.9 Å². The first-order chi connectivity index (χ1) is 7.45. The van der Waals surface area contributed by atoms with Crippen molar-refractivity contribution in [2.45, 2.75) is 31.5 Å². The minimum Gasteiger partial charge on any atom is -0.371 e. The van der Waals surface area contributed by atoms with Gasteiger partial charge in [0, 0.05) is 12.4 Å². The van der Waals surface area contributed by atoms with E-state index in [9.17, 15) is 0 Å². The molecule has 0 aromatic carbocycles. The van der Waals surface area contributed by atoms with Gasteiger partial charge in [-0.3, -0.25) is 9.98 Å². The van der Waals surface area contributed by atoms with Crippen LogP contribution in [0, 0.1) is 0 Å². The molecule has 2 aliphatic rings. The Morgan fingerprint density at radius 3 is 1.87 bits per heavy atom. The Bertz CT molecular complexity index is 217. The van der Waals surface area contributed by atoms with E-state index in [1.807, 2.05) is 12.4 Å². The molecule has 4 nitrogen and oxygen atoms in total. The van der Waals surface area contributed by atoms with Gasteiger partial charge >= 0.3 is 0 Å². The summed E-state index contributed by atoms with van der Waals surface area (Å²) in [5, 5.41) is 0. The van der Waals surface area contributed by atoms with Crippen molar-refractivity contribution >= 4 is 12.4 Å². The van der Waals surface area contributed by atoms with E-state index in [-0.39, 0.29) is 12.2 Å². The van der Waals surface area contributed by atoms with E-state index in [0.717, 1.165) is 45.6 Å². The topological polar surface area (TPSA) is 43.2 Å². The van der Waals surface area contributed by atoms with Crippen LogP contribution in [0.2, 0.25) is 0 Å². The van der Waals surface area contributed by atoms with E-state index in [1.165, 1.54) is 0 Å². The summed E-state index contributed by atoms with van der Waals surface area (Å²) in [5.74, 6) is 0. The zero-order valence-electron chi connectivity index (χ0n) is 8.97. The van der Waals surface area contributed by atoms with E-state index in [1.54, 1.807) is 0 Å². The lowest BCUT2D eigenvalue weighted by Gasteiger charge is -2.19.